The molecule has 0 unspecified atom stereocenters. The van der Waals surface area contributed by atoms with Crippen LogP contribution in [0.5, 0.6) is 0 Å². The lowest BCUT2D eigenvalue weighted by Gasteiger charge is -2.27. The average Bonchev–Trinajstić information content (AvgIpc) is 2.29. The van der Waals surface area contributed by atoms with Gasteiger partial charge in [0, 0.05) is 5.92 Å². The Morgan fingerprint density at radius 1 is 1.58 bits per heavy atom. The second-order valence-electron chi connectivity index (χ2n) is 4.36. The Morgan fingerprint density at radius 2 is 2.17 bits per heavy atom. The lowest BCUT2D eigenvalue weighted by Crippen LogP contribution is -2.27. The van der Waals surface area contributed by atoms with Crippen molar-refractivity contribution in [3.05, 3.63) is 12.7 Å². The molecule has 1 saturated heterocycles. The fourth-order valence-electron chi connectivity index (χ4n) is 1.59. The van der Waals surface area contributed by atoms with Gasteiger partial charge in [-0.2, -0.15) is 0 Å². The molecule has 0 N–H and O–H groups in total. The molecule has 0 radical (unpaired) electrons. The Hall–Kier alpha value is -0.790. The van der Waals surface area contributed by atoms with E-state index in [0.717, 1.165) is 0 Å². The molecule has 0 bridgehead atoms. The summed E-state index contributed by atoms with van der Waals surface area (Å²) >= 11 is 0. The molecule has 0 aromatic heterocycles. The van der Waals surface area contributed by atoms with Crippen LogP contribution in [-0.4, -0.2) is 12.6 Å². The van der Waals surface area contributed by atoms with Crippen molar-refractivity contribution < 1.29 is 9.53 Å². The number of carbonyl (C=O) groups excluding carboxylic acids is 1. The third-order valence-electron chi connectivity index (χ3n) is 2.48. The molecule has 0 saturated carbocycles. The summed E-state index contributed by atoms with van der Waals surface area (Å²) in [7, 11) is 0. The molecule has 0 aromatic carbocycles. The maximum Gasteiger partial charge on any atom is 0.313 e. The van der Waals surface area contributed by atoms with Crippen molar-refractivity contribution in [1.29, 1.82) is 0 Å². The Morgan fingerprint density at radius 3 is 2.50 bits per heavy atom. The van der Waals surface area contributed by atoms with E-state index in [4.69, 9.17) is 4.74 Å². The Labute approximate surface area is 73.6 Å². The normalized spacial score (nSPS) is 30.1. The van der Waals surface area contributed by atoms with Gasteiger partial charge in [0.05, 0.1) is 12.5 Å². The van der Waals surface area contributed by atoms with E-state index in [-0.39, 0.29) is 23.2 Å². The van der Waals surface area contributed by atoms with Crippen molar-refractivity contribution in [2.24, 2.45) is 17.3 Å². The molecule has 12 heavy (non-hydrogen) atoms. The molecule has 1 aliphatic rings. The van der Waals surface area contributed by atoms with E-state index in [2.05, 4.69) is 27.4 Å². The Kier molecular flexibility index (Phi) is 2.27. The molecule has 0 aliphatic carbocycles. The zero-order valence-corrected chi connectivity index (χ0v) is 7.96. The molecule has 68 valence electrons. The maximum absolute atomic E-state index is 11.2. The fourth-order valence-corrected chi connectivity index (χ4v) is 1.59. The third kappa shape index (κ3) is 1.52. The van der Waals surface area contributed by atoms with Gasteiger partial charge in [0.25, 0.3) is 0 Å². The summed E-state index contributed by atoms with van der Waals surface area (Å²) in [4.78, 5) is 11.2. The van der Waals surface area contributed by atoms with Crippen LogP contribution < -0.4 is 0 Å². The monoisotopic (exact) mass is 168 g/mol. The average molecular weight is 168 g/mol. The third-order valence-corrected chi connectivity index (χ3v) is 2.48. The summed E-state index contributed by atoms with van der Waals surface area (Å²) in [6, 6.07) is 0. The molecule has 0 aromatic rings. The first-order valence-corrected chi connectivity index (χ1v) is 4.26. The highest BCUT2D eigenvalue weighted by molar-refractivity contribution is 5.76. The molecule has 1 heterocycles. The van der Waals surface area contributed by atoms with Crippen LogP contribution in [0.15, 0.2) is 12.7 Å². The van der Waals surface area contributed by atoms with Crippen molar-refractivity contribution in [3.8, 4) is 0 Å². The second-order valence-corrected chi connectivity index (χ2v) is 4.36. The number of hydrogen-bond acceptors (Lipinski definition) is 2. The van der Waals surface area contributed by atoms with Crippen molar-refractivity contribution in [3.63, 3.8) is 0 Å². The first-order valence-electron chi connectivity index (χ1n) is 4.26. The quantitative estimate of drug-likeness (QED) is 0.442. The highest BCUT2D eigenvalue weighted by Gasteiger charge is 2.41. The van der Waals surface area contributed by atoms with Crippen LogP contribution in [-0.2, 0) is 9.53 Å². The SMILES string of the molecule is C=C[C@H]1C(=O)OC[C@@H]1C(C)(C)C. The molecular formula is C10H16O2. The molecule has 1 fully saturated rings. The predicted octanol–water partition coefficient (Wildman–Crippen LogP) is 2.01. The van der Waals surface area contributed by atoms with Gasteiger partial charge in [0.2, 0.25) is 0 Å². The van der Waals surface area contributed by atoms with Gasteiger partial charge < -0.3 is 4.74 Å². The van der Waals surface area contributed by atoms with Gasteiger partial charge in [0.1, 0.15) is 0 Å². The number of carbonyl (C=O) groups is 1. The minimum absolute atomic E-state index is 0.106. The molecule has 2 atom stereocenters. The van der Waals surface area contributed by atoms with Gasteiger partial charge in [-0.05, 0) is 5.41 Å². The summed E-state index contributed by atoms with van der Waals surface area (Å²) < 4.78 is 4.99. The highest BCUT2D eigenvalue weighted by atomic mass is 16.5. The number of ether oxygens (including phenoxy) is 1. The Bertz CT molecular complexity index is 200. The van der Waals surface area contributed by atoms with Crippen LogP contribution >= 0.6 is 0 Å². The molecular weight excluding hydrogens is 152 g/mol. The van der Waals surface area contributed by atoms with Crippen LogP contribution in [0.25, 0.3) is 0 Å². The van der Waals surface area contributed by atoms with E-state index in [0.29, 0.717) is 6.61 Å². The van der Waals surface area contributed by atoms with Gasteiger partial charge in [-0.3, -0.25) is 4.79 Å². The first-order chi connectivity index (χ1) is 5.46. The van der Waals surface area contributed by atoms with E-state index in [1.54, 1.807) is 6.08 Å². The summed E-state index contributed by atoms with van der Waals surface area (Å²) in [6.45, 7) is 10.6. The van der Waals surface area contributed by atoms with Crippen LogP contribution in [0.3, 0.4) is 0 Å². The van der Waals surface area contributed by atoms with Gasteiger partial charge >= 0.3 is 5.97 Å². The van der Waals surface area contributed by atoms with Crippen molar-refractivity contribution >= 4 is 5.97 Å². The lowest BCUT2D eigenvalue weighted by atomic mass is 9.75. The van der Waals surface area contributed by atoms with E-state index in [1.165, 1.54) is 0 Å². The molecule has 0 spiro atoms. The topological polar surface area (TPSA) is 26.3 Å². The Balaban J connectivity index is 2.80. The first kappa shape index (κ1) is 9.30. The number of hydrogen-bond donors (Lipinski definition) is 0. The van der Waals surface area contributed by atoms with Gasteiger partial charge in [-0.15, -0.1) is 6.58 Å². The van der Waals surface area contributed by atoms with Crippen LogP contribution in [0.1, 0.15) is 20.8 Å². The van der Waals surface area contributed by atoms with E-state index in [9.17, 15) is 4.79 Å². The summed E-state index contributed by atoms with van der Waals surface area (Å²) in [5.41, 5.74) is 0.116. The van der Waals surface area contributed by atoms with Crippen LogP contribution in [0.2, 0.25) is 0 Å². The summed E-state index contributed by atoms with van der Waals surface area (Å²) in [6.07, 6.45) is 1.70. The summed E-state index contributed by atoms with van der Waals surface area (Å²) in [5.74, 6) is 0.0532. The van der Waals surface area contributed by atoms with Crippen LogP contribution in [0, 0.1) is 17.3 Å². The van der Waals surface area contributed by atoms with Gasteiger partial charge in [-0.25, -0.2) is 0 Å². The molecule has 0 amide bonds. The number of rotatable bonds is 1. The van der Waals surface area contributed by atoms with Gasteiger partial charge in [-0.1, -0.05) is 26.8 Å². The lowest BCUT2D eigenvalue weighted by molar-refractivity contribution is -0.140. The highest BCUT2D eigenvalue weighted by Crippen LogP contribution is 2.37. The van der Waals surface area contributed by atoms with E-state index >= 15 is 0 Å². The number of cyclic esters (lactones) is 1. The molecule has 1 aliphatic heterocycles. The number of esters is 1. The van der Waals surface area contributed by atoms with Crippen LogP contribution in [0.4, 0.5) is 0 Å². The van der Waals surface area contributed by atoms with E-state index < -0.39 is 0 Å². The standard InChI is InChI=1S/C10H16O2/c1-5-7-8(10(2,3)4)6-12-9(7)11/h5,7-8H,1,6H2,2-4H3/t7-,8+/m1/s1. The molecule has 1 rings (SSSR count). The second kappa shape index (κ2) is 2.92. The zero-order chi connectivity index (χ0) is 9.35. The predicted molar refractivity (Wildman–Crippen MR) is 47.6 cm³/mol. The smallest absolute Gasteiger partial charge is 0.313 e. The summed E-state index contributed by atoms with van der Waals surface area (Å²) in [5, 5.41) is 0. The fraction of sp³-hybridized carbons (Fsp3) is 0.700. The largest absolute Gasteiger partial charge is 0.465 e. The minimum atomic E-state index is -0.120. The minimum Gasteiger partial charge on any atom is -0.465 e. The van der Waals surface area contributed by atoms with Crippen molar-refractivity contribution in [2.75, 3.05) is 6.61 Å². The van der Waals surface area contributed by atoms with E-state index in [1.807, 2.05) is 0 Å². The van der Waals surface area contributed by atoms with Gasteiger partial charge in [0.15, 0.2) is 0 Å². The zero-order valence-electron chi connectivity index (χ0n) is 7.96. The molecule has 2 heteroatoms. The molecule has 2 nitrogen and oxygen atoms in total. The van der Waals surface area contributed by atoms with Crippen molar-refractivity contribution in [1.82, 2.24) is 0 Å². The maximum atomic E-state index is 11.2. The van der Waals surface area contributed by atoms with Crippen molar-refractivity contribution in [2.45, 2.75) is 20.8 Å².